The molecule has 7 nitrogen and oxygen atoms in total. The molecule has 0 spiro atoms. The molecule has 2 aromatic heterocycles. The summed E-state index contributed by atoms with van der Waals surface area (Å²) in [5, 5.41) is 10.4. The van der Waals surface area contributed by atoms with Gasteiger partial charge in [0.25, 0.3) is 5.91 Å². The smallest absolute Gasteiger partial charge is 0.271 e. The van der Waals surface area contributed by atoms with Crippen molar-refractivity contribution in [3.8, 4) is 0 Å². The van der Waals surface area contributed by atoms with Crippen LogP contribution in [0.25, 0.3) is 0 Å². The van der Waals surface area contributed by atoms with Gasteiger partial charge in [-0.25, -0.2) is 13.4 Å². The van der Waals surface area contributed by atoms with E-state index in [4.69, 9.17) is 0 Å². The topological polar surface area (TPSA) is 94.0 Å². The third-order valence-electron chi connectivity index (χ3n) is 4.88. The number of aryl methyl sites for hydroxylation is 1. The maximum absolute atomic E-state index is 12.5. The van der Waals surface area contributed by atoms with Gasteiger partial charge in [-0.2, -0.15) is 5.10 Å². The average Bonchev–Trinajstić information content (AvgIpc) is 3.02. The molecule has 1 amide bonds. The minimum Gasteiger partial charge on any atom is -0.350 e. The Bertz CT molecular complexity index is 928. The Morgan fingerprint density at radius 1 is 1.38 bits per heavy atom. The number of rotatable bonds is 6. The highest BCUT2D eigenvalue weighted by Gasteiger charge is 2.36. The van der Waals surface area contributed by atoms with Crippen LogP contribution in [0.1, 0.15) is 58.1 Å². The van der Waals surface area contributed by atoms with Gasteiger partial charge in [0.2, 0.25) is 0 Å². The number of sulfone groups is 1. The summed E-state index contributed by atoms with van der Waals surface area (Å²) >= 11 is 1.60. The quantitative estimate of drug-likeness (QED) is 0.807. The zero-order valence-electron chi connectivity index (χ0n) is 14.6. The van der Waals surface area contributed by atoms with Gasteiger partial charge in [0.15, 0.2) is 9.84 Å². The molecule has 1 saturated heterocycles. The van der Waals surface area contributed by atoms with Crippen molar-refractivity contribution in [1.82, 2.24) is 20.1 Å². The molecule has 0 aromatic carbocycles. The summed E-state index contributed by atoms with van der Waals surface area (Å²) < 4.78 is 25.4. The second kappa shape index (κ2) is 6.77. The average molecular weight is 395 g/mol. The highest BCUT2D eigenvalue weighted by Crippen LogP contribution is 2.42. The number of aromatic nitrogens is 3. The molecule has 1 saturated carbocycles. The lowest BCUT2D eigenvalue weighted by molar-refractivity contribution is 0.0948. The Morgan fingerprint density at radius 3 is 2.81 bits per heavy atom. The summed E-state index contributed by atoms with van der Waals surface area (Å²) in [6, 6.07) is 1.69. The van der Waals surface area contributed by atoms with Crippen molar-refractivity contribution in [2.24, 2.45) is 0 Å². The predicted octanol–water partition coefficient (Wildman–Crippen LogP) is 1.86. The highest BCUT2D eigenvalue weighted by atomic mass is 32.2. The summed E-state index contributed by atoms with van der Waals surface area (Å²) in [6.07, 6.45) is 3.42. The minimum atomic E-state index is -2.99. The lowest BCUT2D eigenvalue weighted by atomic mass is 10.2. The molecule has 2 fully saturated rings. The Labute approximate surface area is 156 Å². The second-order valence-corrected chi connectivity index (χ2v) is 10.4. The first kappa shape index (κ1) is 17.7. The first-order valence-electron chi connectivity index (χ1n) is 8.90. The van der Waals surface area contributed by atoms with Gasteiger partial charge in [0.05, 0.1) is 28.2 Å². The normalized spacial score (nSPS) is 21.8. The number of hydrogen-bond donors (Lipinski definition) is 1. The van der Waals surface area contributed by atoms with E-state index in [9.17, 15) is 13.2 Å². The molecule has 1 atom stereocenters. The predicted molar refractivity (Wildman–Crippen MR) is 99.4 cm³/mol. The second-order valence-electron chi connectivity index (χ2n) is 7.09. The number of carbonyl (C=O) groups is 1. The Balaban J connectivity index is 1.44. The van der Waals surface area contributed by atoms with Gasteiger partial charge >= 0.3 is 0 Å². The van der Waals surface area contributed by atoms with E-state index in [0.29, 0.717) is 31.0 Å². The summed E-state index contributed by atoms with van der Waals surface area (Å²) in [5.41, 5.74) is 2.37. The SMILES string of the molecule is Cc1nc(CCNC(=O)c2cc(C3CC3)n(C3CCS(=O)(=O)C3)n2)cs1. The van der Waals surface area contributed by atoms with Crippen LogP contribution in [-0.2, 0) is 16.3 Å². The van der Waals surface area contributed by atoms with Gasteiger partial charge < -0.3 is 5.32 Å². The Morgan fingerprint density at radius 2 is 2.19 bits per heavy atom. The van der Waals surface area contributed by atoms with Crippen molar-refractivity contribution in [3.05, 3.63) is 33.5 Å². The molecule has 2 aromatic rings. The largest absolute Gasteiger partial charge is 0.350 e. The highest BCUT2D eigenvalue weighted by molar-refractivity contribution is 7.91. The van der Waals surface area contributed by atoms with Crippen molar-refractivity contribution in [1.29, 1.82) is 0 Å². The van der Waals surface area contributed by atoms with Gasteiger partial charge in [0.1, 0.15) is 5.69 Å². The summed E-state index contributed by atoms with van der Waals surface area (Å²) in [4.78, 5) is 16.9. The Hall–Kier alpha value is -1.74. The minimum absolute atomic E-state index is 0.124. The van der Waals surface area contributed by atoms with Gasteiger partial charge in [-0.1, -0.05) is 0 Å². The van der Waals surface area contributed by atoms with Crippen molar-refractivity contribution < 1.29 is 13.2 Å². The van der Waals surface area contributed by atoms with E-state index in [-0.39, 0.29) is 23.5 Å². The van der Waals surface area contributed by atoms with Gasteiger partial charge in [-0.05, 0) is 32.3 Å². The van der Waals surface area contributed by atoms with Crippen LogP contribution in [-0.4, -0.2) is 47.1 Å². The third-order valence-corrected chi connectivity index (χ3v) is 7.45. The Kier molecular flexibility index (Phi) is 4.60. The molecule has 2 aliphatic rings. The molecule has 0 radical (unpaired) electrons. The monoisotopic (exact) mass is 394 g/mol. The summed E-state index contributed by atoms with van der Waals surface area (Å²) in [6.45, 7) is 2.47. The van der Waals surface area contributed by atoms with Gasteiger partial charge in [-0.3, -0.25) is 9.48 Å². The van der Waals surface area contributed by atoms with E-state index < -0.39 is 9.84 Å². The molecule has 1 unspecified atom stereocenters. The van der Waals surface area contributed by atoms with Crippen LogP contribution in [0.2, 0.25) is 0 Å². The molecule has 9 heteroatoms. The zero-order valence-corrected chi connectivity index (χ0v) is 16.3. The summed E-state index contributed by atoms with van der Waals surface area (Å²) in [5.74, 6) is 0.526. The van der Waals surface area contributed by atoms with E-state index in [0.717, 1.165) is 29.2 Å². The molecule has 0 bridgehead atoms. The number of hydrogen-bond acceptors (Lipinski definition) is 6. The standard InChI is InChI=1S/C17H22N4O3S2/c1-11-19-13(9-25-11)4-6-18-17(22)15-8-16(12-2-3-12)21(20-15)14-5-7-26(23,24)10-14/h8-9,12,14H,2-7,10H2,1H3,(H,18,22). The molecule has 140 valence electrons. The lowest BCUT2D eigenvalue weighted by Crippen LogP contribution is -2.26. The maximum Gasteiger partial charge on any atom is 0.271 e. The first-order chi connectivity index (χ1) is 12.4. The van der Waals surface area contributed by atoms with Crippen LogP contribution in [0.3, 0.4) is 0 Å². The molecule has 1 aliphatic heterocycles. The van der Waals surface area contributed by atoms with Crippen LogP contribution in [0, 0.1) is 6.92 Å². The number of thiazole rings is 1. The molecular weight excluding hydrogens is 372 g/mol. The fourth-order valence-electron chi connectivity index (χ4n) is 3.38. The van der Waals surface area contributed by atoms with Crippen LogP contribution < -0.4 is 5.32 Å². The van der Waals surface area contributed by atoms with Crippen LogP contribution >= 0.6 is 11.3 Å². The third kappa shape index (κ3) is 3.83. The maximum atomic E-state index is 12.5. The molecule has 26 heavy (non-hydrogen) atoms. The van der Waals surface area contributed by atoms with E-state index >= 15 is 0 Å². The molecule has 1 N–H and O–H groups in total. The number of carbonyl (C=O) groups excluding carboxylic acids is 1. The van der Waals surface area contributed by atoms with Crippen molar-refractivity contribution >= 4 is 27.1 Å². The number of amides is 1. The van der Waals surface area contributed by atoms with Crippen molar-refractivity contribution in [2.45, 2.75) is 44.6 Å². The van der Waals surface area contributed by atoms with Crippen LogP contribution in [0.4, 0.5) is 0 Å². The van der Waals surface area contributed by atoms with Crippen molar-refractivity contribution in [3.63, 3.8) is 0 Å². The lowest BCUT2D eigenvalue weighted by Gasteiger charge is -2.12. The molecule has 3 heterocycles. The van der Waals surface area contributed by atoms with Gasteiger partial charge in [-0.15, -0.1) is 11.3 Å². The fraction of sp³-hybridized carbons (Fsp3) is 0.588. The van der Waals surface area contributed by atoms with Crippen LogP contribution in [0.15, 0.2) is 11.4 Å². The number of nitrogens with one attached hydrogen (secondary N) is 1. The van der Waals surface area contributed by atoms with Crippen molar-refractivity contribution in [2.75, 3.05) is 18.1 Å². The van der Waals surface area contributed by atoms with E-state index in [1.165, 1.54) is 0 Å². The van der Waals surface area contributed by atoms with E-state index in [1.807, 2.05) is 18.4 Å². The van der Waals surface area contributed by atoms with E-state index in [1.54, 1.807) is 16.0 Å². The first-order valence-corrected chi connectivity index (χ1v) is 11.6. The molecular formula is C17H22N4O3S2. The fourth-order valence-corrected chi connectivity index (χ4v) is 5.72. The summed E-state index contributed by atoms with van der Waals surface area (Å²) in [7, 11) is -2.99. The van der Waals surface area contributed by atoms with Gasteiger partial charge in [0, 0.05) is 30.0 Å². The molecule has 4 rings (SSSR count). The van der Waals surface area contributed by atoms with E-state index in [2.05, 4.69) is 15.4 Å². The zero-order chi connectivity index (χ0) is 18.3. The van der Waals surface area contributed by atoms with Crippen LogP contribution in [0.5, 0.6) is 0 Å². The number of nitrogens with zero attached hydrogens (tertiary/aromatic N) is 3. The molecule has 1 aliphatic carbocycles.